The molecule has 1 aliphatic rings. The van der Waals surface area contributed by atoms with E-state index in [0.717, 1.165) is 19.4 Å². The van der Waals surface area contributed by atoms with Gasteiger partial charge >= 0.3 is 0 Å². The van der Waals surface area contributed by atoms with E-state index in [1.165, 1.54) is 54.9 Å². The maximum absolute atomic E-state index is 2.45. The fraction of sp³-hybridized carbons (Fsp3) is 0.176. The Morgan fingerprint density at radius 2 is 1.41 bits per heavy atom. The summed E-state index contributed by atoms with van der Waals surface area (Å²) in [6, 6.07) is 32.9. The Morgan fingerprint density at radius 3 is 2.16 bits per heavy atom. The van der Waals surface area contributed by atoms with Gasteiger partial charge in [0, 0.05) is 34.3 Å². The third kappa shape index (κ3) is 3.74. The largest absolute Gasteiger partial charge is 0.311 e. The molecule has 0 radical (unpaired) electrons. The lowest BCUT2D eigenvalue weighted by Crippen LogP contribution is -2.32. The molecule has 3 heteroatoms. The van der Waals surface area contributed by atoms with Gasteiger partial charge in [0.15, 0.2) is 0 Å². The zero-order valence-electron chi connectivity index (χ0n) is 21.9. The molecule has 1 aliphatic carbocycles. The second-order valence-corrected chi connectivity index (χ2v) is 9.48. The molecule has 0 fully saturated rings. The van der Waals surface area contributed by atoms with E-state index < -0.39 is 0 Å². The summed E-state index contributed by atoms with van der Waals surface area (Å²) in [5, 5.41) is 7.58. The molecule has 2 heterocycles. The van der Waals surface area contributed by atoms with Crippen molar-refractivity contribution in [3.8, 4) is 5.69 Å². The molecule has 4 aromatic carbocycles. The van der Waals surface area contributed by atoms with E-state index in [4.69, 9.17) is 0 Å². The molecule has 0 N–H and O–H groups in total. The Labute approximate surface area is 218 Å². The van der Waals surface area contributed by atoms with Crippen LogP contribution < -0.4 is 5.01 Å². The molecule has 0 atom stereocenters. The summed E-state index contributed by atoms with van der Waals surface area (Å²) in [4.78, 5) is 0. The van der Waals surface area contributed by atoms with Gasteiger partial charge in [0.25, 0.3) is 0 Å². The van der Waals surface area contributed by atoms with Crippen molar-refractivity contribution in [2.45, 2.75) is 26.7 Å². The summed E-state index contributed by atoms with van der Waals surface area (Å²) in [6.45, 7) is 4.91. The maximum Gasteiger partial charge on any atom is 0.0808 e. The molecule has 0 amide bonds. The summed E-state index contributed by atoms with van der Waals surface area (Å²) in [7, 11) is 2.22. The Hall–Kier alpha value is -4.24. The third-order valence-electron chi connectivity index (χ3n) is 7.33. The number of nitrogens with zero attached hydrogens (tertiary/aromatic N) is 3. The molecule has 0 aliphatic heterocycles. The minimum Gasteiger partial charge on any atom is -0.311 e. The zero-order chi connectivity index (χ0) is 25.4. The number of hydrogen-bond acceptors (Lipinski definition) is 1. The Morgan fingerprint density at radius 1 is 0.703 bits per heavy atom. The number of hydrogen-bond donors (Lipinski definition) is 0. The van der Waals surface area contributed by atoms with Gasteiger partial charge in [-0.25, -0.2) is 0 Å². The van der Waals surface area contributed by atoms with Crippen LogP contribution in [-0.4, -0.2) is 22.8 Å². The highest BCUT2D eigenvalue weighted by Gasteiger charge is 2.21. The van der Waals surface area contributed by atoms with E-state index >= 15 is 0 Å². The summed E-state index contributed by atoms with van der Waals surface area (Å²) in [5.74, 6) is 0. The molecule has 7 rings (SSSR count). The van der Waals surface area contributed by atoms with E-state index in [1.807, 2.05) is 13.8 Å². The molecule has 0 unspecified atom stereocenters. The minimum atomic E-state index is 0.909. The first-order valence-electron chi connectivity index (χ1n) is 13.4. The van der Waals surface area contributed by atoms with Crippen LogP contribution in [0.4, 0.5) is 0 Å². The minimum absolute atomic E-state index is 0.909. The number of allylic oxidation sites excluding steroid dienone is 3. The van der Waals surface area contributed by atoms with Crippen molar-refractivity contribution in [1.29, 1.82) is 0 Å². The topological polar surface area (TPSA) is 13.1 Å². The number of likely N-dealkylation sites (N-methyl/N-ethyl adjacent to an activating group) is 1. The number of aromatic nitrogens is 2. The van der Waals surface area contributed by atoms with Crippen molar-refractivity contribution in [3.05, 3.63) is 115 Å². The van der Waals surface area contributed by atoms with Crippen molar-refractivity contribution in [2.24, 2.45) is 0 Å². The van der Waals surface area contributed by atoms with Crippen LogP contribution in [0.25, 0.3) is 49.3 Å². The van der Waals surface area contributed by atoms with Crippen molar-refractivity contribution in [3.63, 3.8) is 0 Å². The predicted octanol–water partition coefficient (Wildman–Crippen LogP) is 8.76. The van der Waals surface area contributed by atoms with Gasteiger partial charge in [-0.05, 0) is 54.8 Å². The fourth-order valence-electron chi connectivity index (χ4n) is 5.84. The Balaban J connectivity index is 0.00000123. The number of fused-ring (bicyclic) bond motifs is 7. The van der Waals surface area contributed by atoms with Gasteiger partial charge in [-0.1, -0.05) is 86.7 Å². The van der Waals surface area contributed by atoms with Gasteiger partial charge in [0.2, 0.25) is 0 Å². The van der Waals surface area contributed by atoms with Gasteiger partial charge in [0.05, 0.1) is 28.6 Å². The smallest absolute Gasteiger partial charge is 0.0808 e. The standard InChI is InChI=1S/C32H27N3.C2H6/c1-33(22-23-12-4-2-5-13-23)35-29-19-11-8-16-25(29)26-20-21-30-31(32(26)35)27-17-9-10-18-28(27)34(30)24-14-6-3-7-15-24;1-2/h2-4,6-12,14-21H,5,13,22H2,1H3;1-2H3. The predicted molar refractivity (Wildman–Crippen MR) is 161 cm³/mol. The molecular formula is C34H33N3. The van der Waals surface area contributed by atoms with E-state index in [1.54, 1.807) is 0 Å². The zero-order valence-corrected chi connectivity index (χ0v) is 21.9. The second kappa shape index (κ2) is 9.67. The maximum atomic E-state index is 2.45. The highest BCUT2D eigenvalue weighted by atomic mass is 15.5. The highest BCUT2D eigenvalue weighted by Crippen LogP contribution is 2.40. The first-order chi connectivity index (χ1) is 18.3. The molecule has 37 heavy (non-hydrogen) atoms. The van der Waals surface area contributed by atoms with Crippen LogP contribution in [-0.2, 0) is 0 Å². The average molecular weight is 484 g/mol. The van der Waals surface area contributed by atoms with Crippen molar-refractivity contribution in [1.82, 2.24) is 9.24 Å². The van der Waals surface area contributed by atoms with Crippen LogP contribution in [0.3, 0.4) is 0 Å². The van der Waals surface area contributed by atoms with E-state index in [-0.39, 0.29) is 0 Å². The lowest BCUT2D eigenvalue weighted by molar-refractivity contribution is 0.709. The molecule has 6 aromatic rings. The van der Waals surface area contributed by atoms with E-state index in [2.05, 4.69) is 131 Å². The molecule has 2 aromatic heterocycles. The van der Waals surface area contributed by atoms with Crippen LogP contribution in [0.5, 0.6) is 0 Å². The quantitative estimate of drug-likeness (QED) is 0.244. The molecule has 0 saturated carbocycles. The average Bonchev–Trinajstić information content (AvgIpc) is 3.48. The summed E-state index contributed by atoms with van der Waals surface area (Å²) < 4.78 is 4.86. The van der Waals surface area contributed by atoms with Gasteiger partial charge in [-0.15, -0.1) is 0 Å². The first kappa shape index (κ1) is 23.2. The van der Waals surface area contributed by atoms with Crippen LogP contribution in [0.15, 0.2) is 115 Å². The number of rotatable bonds is 4. The molecule has 184 valence electrons. The van der Waals surface area contributed by atoms with Crippen molar-refractivity contribution in [2.75, 3.05) is 18.6 Å². The second-order valence-electron chi connectivity index (χ2n) is 9.48. The fourth-order valence-corrected chi connectivity index (χ4v) is 5.84. The third-order valence-corrected chi connectivity index (χ3v) is 7.33. The van der Waals surface area contributed by atoms with Crippen LogP contribution >= 0.6 is 0 Å². The normalized spacial score (nSPS) is 13.2. The molecule has 0 spiro atoms. The van der Waals surface area contributed by atoms with Gasteiger partial charge in [-0.2, -0.15) is 0 Å². The van der Waals surface area contributed by atoms with Crippen LogP contribution in [0.2, 0.25) is 0 Å². The lowest BCUT2D eigenvalue weighted by atomic mass is 10.1. The van der Waals surface area contributed by atoms with Crippen LogP contribution in [0, 0.1) is 0 Å². The Kier molecular flexibility index (Phi) is 6.05. The van der Waals surface area contributed by atoms with Crippen molar-refractivity contribution < 1.29 is 0 Å². The molecular weight excluding hydrogens is 450 g/mol. The van der Waals surface area contributed by atoms with Gasteiger partial charge in [-0.3, -0.25) is 4.68 Å². The summed E-state index contributed by atoms with van der Waals surface area (Å²) in [6.07, 6.45) is 8.99. The monoisotopic (exact) mass is 483 g/mol. The van der Waals surface area contributed by atoms with Gasteiger partial charge < -0.3 is 9.58 Å². The lowest BCUT2D eigenvalue weighted by Gasteiger charge is -2.25. The molecule has 0 saturated heterocycles. The van der Waals surface area contributed by atoms with E-state index in [9.17, 15) is 0 Å². The van der Waals surface area contributed by atoms with Crippen LogP contribution in [0.1, 0.15) is 26.7 Å². The summed E-state index contributed by atoms with van der Waals surface area (Å²) in [5.41, 5.74) is 7.67. The van der Waals surface area contributed by atoms with E-state index in [0.29, 0.717) is 0 Å². The number of para-hydroxylation sites is 3. The Bertz CT molecular complexity index is 1780. The SMILES string of the molecule is CC.CN(CC1=CC=CCC1)n1c2ccccc2c2ccc3c(c4ccccc4n3-c3ccccc3)c21. The molecule has 0 bridgehead atoms. The van der Waals surface area contributed by atoms with Crippen molar-refractivity contribution >= 4 is 43.6 Å². The number of benzene rings is 4. The first-order valence-corrected chi connectivity index (χ1v) is 13.4. The molecule has 3 nitrogen and oxygen atoms in total. The highest BCUT2D eigenvalue weighted by molar-refractivity contribution is 6.25. The summed E-state index contributed by atoms with van der Waals surface area (Å²) >= 11 is 0. The van der Waals surface area contributed by atoms with Gasteiger partial charge in [0.1, 0.15) is 0 Å².